The third kappa shape index (κ3) is 7.00. The smallest absolute Gasteiger partial charge is 0.279 e. The minimum Gasteiger partial charge on any atom is -0.342 e. The van der Waals surface area contributed by atoms with Crippen LogP contribution in [0.15, 0.2) is 42.5 Å². The highest BCUT2D eigenvalue weighted by Crippen LogP contribution is 2.17. The Morgan fingerprint density at radius 2 is 1.47 bits per heavy atom. The van der Waals surface area contributed by atoms with Crippen LogP contribution in [0.2, 0.25) is 0 Å². The summed E-state index contributed by atoms with van der Waals surface area (Å²) in [6.07, 6.45) is 0.825. The molecule has 0 fully saturated rings. The van der Waals surface area contributed by atoms with Crippen molar-refractivity contribution >= 4 is 29.1 Å². The van der Waals surface area contributed by atoms with Crippen molar-refractivity contribution in [2.45, 2.75) is 27.2 Å². The zero-order valence-corrected chi connectivity index (χ0v) is 18.1. The molecule has 0 bridgehead atoms. The van der Waals surface area contributed by atoms with E-state index in [2.05, 4.69) is 16.0 Å². The number of amides is 3. The Morgan fingerprint density at radius 3 is 2.20 bits per heavy atom. The summed E-state index contributed by atoms with van der Waals surface area (Å²) in [4.78, 5) is 37.2. The van der Waals surface area contributed by atoms with Crippen LogP contribution in [-0.2, 0) is 20.8 Å². The molecule has 0 aliphatic heterocycles. The van der Waals surface area contributed by atoms with E-state index in [4.69, 9.17) is 0 Å². The number of hydrogen-bond acceptors (Lipinski definition) is 3. The summed E-state index contributed by atoms with van der Waals surface area (Å²) in [5.74, 6) is -0.733. The Hall–Kier alpha value is -3.19. The molecule has 0 saturated heterocycles. The molecule has 30 heavy (non-hydrogen) atoms. The Kier molecular flexibility index (Phi) is 8.55. The van der Waals surface area contributed by atoms with Crippen molar-refractivity contribution in [1.29, 1.82) is 0 Å². The van der Waals surface area contributed by atoms with E-state index < -0.39 is 0 Å². The summed E-state index contributed by atoms with van der Waals surface area (Å²) in [7, 11) is 1.76. The molecule has 1 unspecified atom stereocenters. The molecular formula is C23H31N4O3+. The van der Waals surface area contributed by atoms with E-state index in [9.17, 15) is 14.4 Å². The van der Waals surface area contributed by atoms with Gasteiger partial charge in [-0.2, -0.15) is 0 Å². The number of rotatable bonds is 9. The molecule has 2 rings (SSSR count). The zero-order valence-electron chi connectivity index (χ0n) is 18.1. The van der Waals surface area contributed by atoms with Gasteiger partial charge in [-0.25, -0.2) is 0 Å². The van der Waals surface area contributed by atoms with Crippen LogP contribution in [0.4, 0.5) is 11.4 Å². The summed E-state index contributed by atoms with van der Waals surface area (Å²) in [6.45, 7) is 6.08. The summed E-state index contributed by atoms with van der Waals surface area (Å²) < 4.78 is 0. The minimum absolute atomic E-state index is 0.0968. The van der Waals surface area contributed by atoms with Crippen molar-refractivity contribution < 1.29 is 19.3 Å². The maximum absolute atomic E-state index is 12.3. The summed E-state index contributed by atoms with van der Waals surface area (Å²) >= 11 is 0. The van der Waals surface area contributed by atoms with E-state index in [0.29, 0.717) is 0 Å². The Bertz CT molecular complexity index is 911. The van der Waals surface area contributed by atoms with Gasteiger partial charge in [0.15, 0.2) is 13.1 Å². The van der Waals surface area contributed by atoms with Gasteiger partial charge in [0, 0.05) is 11.4 Å². The number of para-hydroxylation sites is 1. The molecule has 160 valence electrons. The van der Waals surface area contributed by atoms with Crippen LogP contribution in [0, 0.1) is 13.8 Å². The van der Waals surface area contributed by atoms with Crippen LogP contribution in [-0.4, -0.2) is 44.4 Å². The first-order valence-corrected chi connectivity index (χ1v) is 10.1. The fourth-order valence-corrected chi connectivity index (χ4v) is 3.08. The molecule has 0 aliphatic carbocycles. The number of likely N-dealkylation sites (N-methyl/N-ethyl adjacent to an activating group) is 1. The third-order valence-electron chi connectivity index (χ3n) is 4.92. The molecule has 0 heterocycles. The number of carbonyl (C=O) groups excluding carboxylic acids is 3. The largest absolute Gasteiger partial charge is 0.342 e. The number of carbonyl (C=O) groups is 3. The van der Waals surface area contributed by atoms with Gasteiger partial charge in [-0.1, -0.05) is 37.3 Å². The first-order chi connectivity index (χ1) is 14.3. The van der Waals surface area contributed by atoms with Crippen LogP contribution in [0.3, 0.4) is 0 Å². The molecule has 7 heteroatoms. The monoisotopic (exact) mass is 411 g/mol. The first kappa shape index (κ1) is 23.1. The van der Waals surface area contributed by atoms with Crippen molar-refractivity contribution in [1.82, 2.24) is 5.32 Å². The molecule has 0 aromatic heterocycles. The van der Waals surface area contributed by atoms with Crippen molar-refractivity contribution in [2.24, 2.45) is 0 Å². The number of anilines is 2. The van der Waals surface area contributed by atoms with Crippen LogP contribution in [0.1, 0.15) is 23.6 Å². The quantitative estimate of drug-likeness (QED) is 0.498. The molecule has 2 aromatic carbocycles. The van der Waals surface area contributed by atoms with Gasteiger partial charge in [-0.15, -0.1) is 0 Å². The lowest BCUT2D eigenvalue weighted by Gasteiger charge is -2.15. The van der Waals surface area contributed by atoms with Gasteiger partial charge < -0.3 is 20.9 Å². The van der Waals surface area contributed by atoms with Crippen molar-refractivity contribution in [3.05, 3.63) is 59.2 Å². The average Bonchev–Trinajstić information content (AvgIpc) is 2.70. The number of hydrogen-bond donors (Lipinski definition) is 4. The highest BCUT2D eigenvalue weighted by molar-refractivity contribution is 5.95. The standard InChI is InChI=1S/C23H30N4O3/c1-5-18-10-6-7-11-20(18)26-23(30)15-27(4)14-22(29)24-13-21(28)25-19-12-8-9-16(2)17(19)3/h6-12H,5,13-15H2,1-4H3,(H,24,29)(H,25,28)(H,26,30)/p+1. The summed E-state index contributed by atoms with van der Waals surface area (Å²) in [5, 5.41) is 8.31. The van der Waals surface area contributed by atoms with Crippen LogP contribution >= 0.6 is 0 Å². The predicted molar refractivity (Wildman–Crippen MR) is 119 cm³/mol. The van der Waals surface area contributed by atoms with Gasteiger partial charge in [-0.3, -0.25) is 14.4 Å². The number of quaternary nitrogens is 1. The van der Waals surface area contributed by atoms with Gasteiger partial charge in [-0.05, 0) is 49.1 Å². The van der Waals surface area contributed by atoms with Crippen molar-refractivity contribution in [2.75, 3.05) is 37.3 Å². The second-order valence-electron chi connectivity index (χ2n) is 7.44. The molecule has 0 radical (unpaired) electrons. The molecule has 1 atom stereocenters. The molecule has 2 aromatic rings. The number of benzene rings is 2. The molecule has 3 amide bonds. The fourth-order valence-electron chi connectivity index (χ4n) is 3.08. The van der Waals surface area contributed by atoms with Gasteiger partial charge in [0.2, 0.25) is 5.91 Å². The highest BCUT2D eigenvalue weighted by Gasteiger charge is 2.16. The maximum Gasteiger partial charge on any atom is 0.279 e. The van der Waals surface area contributed by atoms with Gasteiger partial charge in [0.1, 0.15) is 0 Å². The third-order valence-corrected chi connectivity index (χ3v) is 4.92. The van der Waals surface area contributed by atoms with Gasteiger partial charge >= 0.3 is 0 Å². The maximum atomic E-state index is 12.3. The lowest BCUT2D eigenvalue weighted by Crippen LogP contribution is -3.11. The van der Waals surface area contributed by atoms with Crippen molar-refractivity contribution in [3.8, 4) is 0 Å². The minimum atomic E-state index is -0.288. The van der Waals surface area contributed by atoms with Crippen LogP contribution in [0.25, 0.3) is 0 Å². The topological polar surface area (TPSA) is 91.7 Å². The Morgan fingerprint density at radius 1 is 0.833 bits per heavy atom. The van der Waals surface area contributed by atoms with Crippen LogP contribution in [0.5, 0.6) is 0 Å². The van der Waals surface area contributed by atoms with E-state index in [0.717, 1.165) is 39.4 Å². The van der Waals surface area contributed by atoms with Gasteiger partial charge in [0.25, 0.3) is 11.8 Å². The van der Waals surface area contributed by atoms with E-state index in [1.807, 2.05) is 63.2 Å². The lowest BCUT2D eigenvalue weighted by atomic mass is 10.1. The molecule has 0 aliphatic rings. The first-order valence-electron chi connectivity index (χ1n) is 10.1. The van der Waals surface area contributed by atoms with Crippen LogP contribution < -0.4 is 20.9 Å². The zero-order chi connectivity index (χ0) is 22.1. The molecule has 7 nitrogen and oxygen atoms in total. The number of nitrogens with one attached hydrogen (secondary N) is 4. The number of aryl methyl sites for hydroxylation is 2. The second kappa shape index (κ2) is 11.1. The SMILES string of the molecule is CCc1ccccc1NC(=O)C[NH+](C)CC(=O)NCC(=O)Nc1cccc(C)c1C. The molecule has 0 saturated carbocycles. The predicted octanol–water partition coefficient (Wildman–Crippen LogP) is 1.07. The molecular weight excluding hydrogens is 380 g/mol. The van der Waals surface area contributed by atoms with E-state index in [-0.39, 0.29) is 37.4 Å². The van der Waals surface area contributed by atoms with Crippen molar-refractivity contribution in [3.63, 3.8) is 0 Å². The van der Waals surface area contributed by atoms with E-state index in [1.165, 1.54) is 0 Å². The Balaban J connectivity index is 1.75. The van der Waals surface area contributed by atoms with E-state index >= 15 is 0 Å². The highest BCUT2D eigenvalue weighted by atomic mass is 16.2. The second-order valence-corrected chi connectivity index (χ2v) is 7.44. The summed E-state index contributed by atoms with van der Waals surface area (Å²) in [5.41, 5.74) is 4.68. The van der Waals surface area contributed by atoms with E-state index in [1.54, 1.807) is 7.05 Å². The average molecular weight is 412 g/mol. The fraction of sp³-hybridized carbons (Fsp3) is 0.348. The Labute approximate surface area is 177 Å². The molecule has 0 spiro atoms. The summed E-state index contributed by atoms with van der Waals surface area (Å²) in [6, 6.07) is 13.3. The van der Waals surface area contributed by atoms with Gasteiger partial charge in [0.05, 0.1) is 13.6 Å². The lowest BCUT2D eigenvalue weighted by molar-refractivity contribution is -0.862. The molecule has 4 N–H and O–H groups in total. The normalized spacial score (nSPS) is 11.5.